The monoisotopic (exact) mass is 224 g/mol. The predicted molar refractivity (Wildman–Crippen MR) is 59.7 cm³/mol. The highest BCUT2D eigenvalue weighted by Gasteiger charge is 2.24. The van der Waals surface area contributed by atoms with Crippen molar-refractivity contribution in [3.05, 3.63) is 34.9 Å². The van der Waals surface area contributed by atoms with Gasteiger partial charge in [0, 0.05) is 24.7 Å². The van der Waals surface area contributed by atoms with Crippen LogP contribution in [0.15, 0.2) is 24.3 Å². The lowest BCUT2D eigenvalue weighted by Gasteiger charge is -2.25. The maximum absolute atomic E-state index is 11.5. The molecule has 1 aromatic rings. The molecule has 1 fully saturated rings. The van der Waals surface area contributed by atoms with Crippen LogP contribution in [0, 0.1) is 5.92 Å². The van der Waals surface area contributed by atoms with E-state index in [2.05, 4.69) is 10.6 Å². The van der Waals surface area contributed by atoms with E-state index in [1.165, 1.54) is 0 Å². The zero-order valence-corrected chi connectivity index (χ0v) is 9.05. The summed E-state index contributed by atoms with van der Waals surface area (Å²) in [5.41, 5.74) is 0.958. The molecule has 0 spiro atoms. The van der Waals surface area contributed by atoms with Gasteiger partial charge >= 0.3 is 0 Å². The number of carbonyl (C=O) groups is 1. The summed E-state index contributed by atoms with van der Waals surface area (Å²) in [5.74, 6) is 0.237. The minimum absolute atomic E-state index is 0.105. The molecule has 0 aliphatic carbocycles. The van der Waals surface area contributed by atoms with Gasteiger partial charge in [0.25, 0.3) is 0 Å². The summed E-state index contributed by atoms with van der Waals surface area (Å²) in [7, 11) is 0. The van der Waals surface area contributed by atoms with Gasteiger partial charge in [0.05, 0.1) is 5.92 Å². The molecule has 1 aromatic carbocycles. The van der Waals surface area contributed by atoms with E-state index < -0.39 is 0 Å². The van der Waals surface area contributed by atoms with Crippen LogP contribution in [-0.2, 0) is 11.3 Å². The Labute approximate surface area is 93.8 Å². The van der Waals surface area contributed by atoms with Crippen LogP contribution in [0.2, 0.25) is 5.02 Å². The van der Waals surface area contributed by atoms with Crippen molar-refractivity contribution in [3.8, 4) is 0 Å². The quantitative estimate of drug-likeness (QED) is 0.810. The summed E-state index contributed by atoms with van der Waals surface area (Å²) in [4.78, 5) is 11.5. The zero-order valence-electron chi connectivity index (χ0n) is 8.29. The molecule has 0 unspecified atom stereocenters. The molecule has 1 saturated heterocycles. The summed E-state index contributed by atoms with van der Waals surface area (Å²) in [6, 6.07) is 7.54. The van der Waals surface area contributed by atoms with Gasteiger partial charge in [0.15, 0.2) is 0 Å². The highest BCUT2D eigenvalue weighted by Crippen LogP contribution is 2.14. The van der Waals surface area contributed by atoms with Crippen LogP contribution >= 0.6 is 11.6 Å². The van der Waals surface area contributed by atoms with Crippen molar-refractivity contribution in [2.45, 2.75) is 6.54 Å². The van der Waals surface area contributed by atoms with E-state index in [0.717, 1.165) is 18.7 Å². The lowest BCUT2D eigenvalue weighted by Crippen LogP contribution is -2.50. The fraction of sp³-hybridized carbons (Fsp3) is 0.364. The summed E-state index contributed by atoms with van der Waals surface area (Å²) < 4.78 is 0. The molecule has 1 amide bonds. The zero-order chi connectivity index (χ0) is 10.7. The summed E-state index contributed by atoms with van der Waals surface area (Å²) >= 11 is 5.97. The van der Waals surface area contributed by atoms with Crippen molar-refractivity contribution in [1.29, 1.82) is 0 Å². The van der Waals surface area contributed by atoms with Gasteiger partial charge in [-0.2, -0.15) is 0 Å². The highest BCUT2D eigenvalue weighted by molar-refractivity contribution is 6.31. The minimum Gasteiger partial charge on any atom is -0.352 e. The van der Waals surface area contributed by atoms with E-state index in [-0.39, 0.29) is 11.8 Å². The summed E-state index contributed by atoms with van der Waals surface area (Å²) in [6.07, 6.45) is 0. The molecular weight excluding hydrogens is 212 g/mol. The van der Waals surface area contributed by atoms with Gasteiger partial charge in [-0.25, -0.2) is 0 Å². The van der Waals surface area contributed by atoms with E-state index in [1.54, 1.807) is 0 Å². The first-order valence-corrected chi connectivity index (χ1v) is 5.37. The molecule has 0 radical (unpaired) electrons. The third kappa shape index (κ3) is 2.49. The van der Waals surface area contributed by atoms with Crippen molar-refractivity contribution >= 4 is 17.5 Å². The summed E-state index contributed by atoms with van der Waals surface area (Å²) in [5, 5.41) is 6.64. The van der Waals surface area contributed by atoms with Gasteiger partial charge in [-0.15, -0.1) is 0 Å². The molecule has 2 N–H and O–H groups in total. The molecule has 2 rings (SSSR count). The van der Waals surface area contributed by atoms with Crippen LogP contribution in [0.25, 0.3) is 0 Å². The van der Waals surface area contributed by atoms with Gasteiger partial charge in [0.2, 0.25) is 5.91 Å². The molecule has 0 saturated carbocycles. The predicted octanol–water partition coefficient (Wildman–Crippen LogP) is 1.18. The molecule has 1 heterocycles. The van der Waals surface area contributed by atoms with E-state index in [1.807, 2.05) is 24.3 Å². The Balaban J connectivity index is 1.87. The van der Waals surface area contributed by atoms with Gasteiger partial charge < -0.3 is 10.6 Å². The Hall–Kier alpha value is -1.06. The normalized spacial score (nSPS) is 15.8. The Kier molecular flexibility index (Phi) is 3.23. The van der Waals surface area contributed by atoms with E-state index >= 15 is 0 Å². The topological polar surface area (TPSA) is 41.1 Å². The molecule has 4 heteroatoms. The molecular formula is C11H13ClN2O. The van der Waals surface area contributed by atoms with Crippen LogP contribution in [0.3, 0.4) is 0 Å². The third-order valence-corrected chi connectivity index (χ3v) is 2.93. The largest absolute Gasteiger partial charge is 0.352 e. The molecule has 1 aliphatic heterocycles. The van der Waals surface area contributed by atoms with E-state index in [4.69, 9.17) is 11.6 Å². The average molecular weight is 225 g/mol. The molecule has 0 bridgehead atoms. The van der Waals surface area contributed by atoms with Gasteiger partial charge in [-0.3, -0.25) is 4.79 Å². The number of hydrogen-bond donors (Lipinski definition) is 2. The summed E-state index contributed by atoms with van der Waals surface area (Å²) in [6.45, 7) is 2.08. The lowest BCUT2D eigenvalue weighted by molar-refractivity contribution is -0.126. The number of benzene rings is 1. The number of amides is 1. The van der Waals surface area contributed by atoms with Gasteiger partial charge in [-0.05, 0) is 11.6 Å². The molecule has 3 nitrogen and oxygen atoms in total. The molecule has 80 valence electrons. The van der Waals surface area contributed by atoms with Gasteiger partial charge in [0.1, 0.15) is 0 Å². The van der Waals surface area contributed by atoms with Crippen molar-refractivity contribution in [1.82, 2.24) is 10.6 Å². The average Bonchev–Trinajstić information content (AvgIpc) is 2.14. The van der Waals surface area contributed by atoms with E-state index in [9.17, 15) is 4.79 Å². The van der Waals surface area contributed by atoms with Crippen molar-refractivity contribution in [2.24, 2.45) is 5.92 Å². The van der Waals surface area contributed by atoms with Crippen molar-refractivity contribution in [3.63, 3.8) is 0 Å². The van der Waals surface area contributed by atoms with Crippen LogP contribution in [0.1, 0.15) is 5.56 Å². The maximum atomic E-state index is 11.5. The van der Waals surface area contributed by atoms with Crippen LogP contribution in [0.4, 0.5) is 0 Å². The number of rotatable bonds is 3. The van der Waals surface area contributed by atoms with Crippen LogP contribution in [-0.4, -0.2) is 19.0 Å². The Bertz CT molecular complexity index is 363. The fourth-order valence-electron chi connectivity index (χ4n) is 1.44. The molecule has 0 aromatic heterocycles. The van der Waals surface area contributed by atoms with Crippen LogP contribution < -0.4 is 10.6 Å². The standard InChI is InChI=1S/C11H13ClN2O/c12-10-4-2-1-3-8(10)7-14-11(15)9-5-13-6-9/h1-4,9,13H,5-7H2,(H,14,15). The number of nitrogens with one attached hydrogen (secondary N) is 2. The first-order valence-electron chi connectivity index (χ1n) is 4.99. The Morgan fingerprint density at radius 1 is 1.47 bits per heavy atom. The van der Waals surface area contributed by atoms with E-state index in [0.29, 0.717) is 11.6 Å². The fourth-order valence-corrected chi connectivity index (χ4v) is 1.65. The number of hydrogen-bond acceptors (Lipinski definition) is 2. The Morgan fingerprint density at radius 3 is 2.80 bits per heavy atom. The minimum atomic E-state index is 0.105. The lowest BCUT2D eigenvalue weighted by atomic mass is 10.0. The first-order chi connectivity index (χ1) is 7.27. The highest BCUT2D eigenvalue weighted by atomic mass is 35.5. The van der Waals surface area contributed by atoms with Crippen LogP contribution in [0.5, 0.6) is 0 Å². The second kappa shape index (κ2) is 4.64. The first kappa shape index (κ1) is 10.5. The molecule has 0 atom stereocenters. The second-order valence-electron chi connectivity index (χ2n) is 3.66. The van der Waals surface area contributed by atoms with Gasteiger partial charge in [-0.1, -0.05) is 29.8 Å². The number of carbonyl (C=O) groups excluding carboxylic acids is 1. The molecule has 1 aliphatic rings. The second-order valence-corrected chi connectivity index (χ2v) is 4.07. The smallest absolute Gasteiger partial charge is 0.225 e. The Morgan fingerprint density at radius 2 is 2.20 bits per heavy atom. The number of halogens is 1. The maximum Gasteiger partial charge on any atom is 0.225 e. The van der Waals surface area contributed by atoms with Crippen molar-refractivity contribution < 1.29 is 4.79 Å². The molecule has 15 heavy (non-hydrogen) atoms. The SMILES string of the molecule is O=C(NCc1ccccc1Cl)C1CNC1. The third-order valence-electron chi connectivity index (χ3n) is 2.56. The van der Waals surface area contributed by atoms with Crippen molar-refractivity contribution in [2.75, 3.05) is 13.1 Å².